The third-order valence-electron chi connectivity index (χ3n) is 13.7. The Bertz CT molecular complexity index is 2650. The van der Waals surface area contributed by atoms with Crippen LogP contribution in [0.2, 0.25) is 0 Å². The predicted octanol–water partition coefficient (Wildman–Crippen LogP) is 8.61. The molecule has 3 aromatic carbocycles. The lowest BCUT2D eigenvalue weighted by molar-refractivity contribution is -0.138. The fourth-order valence-electron chi connectivity index (χ4n) is 9.90. The monoisotopic (exact) mass is 876 g/mol. The number of aromatic nitrogens is 4. The molecule has 2 saturated heterocycles. The fraction of sp³-hybridized carbons (Fsp3) is 0.458. The summed E-state index contributed by atoms with van der Waals surface area (Å²) < 4.78 is 42.9. The number of methoxy groups -OCH3 is 2. The van der Waals surface area contributed by atoms with Crippen molar-refractivity contribution in [2.24, 2.45) is 17.3 Å². The van der Waals surface area contributed by atoms with Gasteiger partial charge in [-0.2, -0.15) is 8.78 Å². The van der Waals surface area contributed by atoms with Crippen LogP contribution >= 0.6 is 0 Å². The number of rotatable bonds is 10. The third kappa shape index (κ3) is 7.63. The second-order valence-electron chi connectivity index (χ2n) is 18.6. The van der Waals surface area contributed by atoms with Crippen LogP contribution in [0.4, 0.5) is 18.4 Å². The van der Waals surface area contributed by atoms with Crippen LogP contribution in [0.25, 0.3) is 44.5 Å². The van der Waals surface area contributed by atoms with Crippen molar-refractivity contribution in [1.82, 2.24) is 40.4 Å². The molecule has 4 N–H and O–H groups in total. The number of alkyl carbamates (subject to hydrolysis) is 2. The molecule has 4 heterocycles. The minimum atomic E-state index is -3.29. The molecule has 2 aliphatic carbocycles. The molecule has 2 aliphatic heterocycles. The second kappa shape index (κ2) is 16.3. The van der Waals surface area contributed by atoms with Crippen LogP contribution in [0.15, 0.2) is 60.8 Å². The zero-order valence-corrected chi connectivity index (χ0v) is 36.9. The van der Waals surface area contributed by atoms with Gasteiger partial charge < -0.3 is 39.9 Å². The Morgan fingerprint density at radius 2 is 1.34 bits per heavy atom. The Labute approximate surface area is 369 Å². The van der Waals surface area contributed by atoms with Gasteiger partial charge in [0.25, 0.3) is 5.92 Å². The summed E-state index contributed by atoms with van der Waals surface area (Å²) in [5.41, 5.74) is 4.61. The average molecular weight is 877 g/mol. The van der Waals surface area contributed by atoms with Crippen LogP contribution in [-0.4, -0.2) is 93.1 Å². The Morgan fingerprint density at radius 1 is 0.750 bits per heavy atom. The first-order valence-electron chi connectivity index (χ1n) is 22.1. The van der Waals surface area contributed by atoms with E-state index in [0.717, 1.165) is 37.7 Å². The number of piperidine rings is 1. The summed E-state index contributed by atoms with van der Waals surface area (Å²) in [4.78, 5) is 72.0. The lowest BCUT2D eigenvalue weighted by Crippen LogP contribution is -2.53. The van der Waals surface area contributed by atoms with E-state index in [2.05, 4.69) is 20.6 Å². The SMILES string of the molecule is COC(=O)N[C@H](C(=O)N1CC2(CC2)C[C@H]1c1ncc(-c2ccc3c(c2)C(F)(F)c2cc(-c4ccc5nc([C@@H]6CCCCN6C(=O)[C@@H](NC(=O)OC)C(C)C)[nH]c5c4)ccc2-3)[nH]1)C(C)C. The summed E-state index contributed by atoms with van der Waals surface area (Å²) in [7, 11) is 2.53. The highest BCUT2D eigenvalue weighted by Crippen LogP contribution is 2.58. The Kier molecular flexibility index (Phi) is 11.0. The summed E-state index contributed by atoms with van der Waals surface area (Å²) in [6, 6.07) is 13.6. The van der Waals surface area contributed by atoms with Gasteiger partial charge in [-0.3, -0.25) is 9.59 Å². The molecule has 2 aromatic heterocycles. The molecule has 9 rings (SSSR count). The molecule has 336 valence electrons. The number of halogens is 2. The van der Waals surface area contributed by atoms with Gasteiger partial charge in [0.05, 0.1) is 49.2 Å². The summed E-state index contributed by atoms with van der Waals surface area (Å²) in [5.74, 6) is -2.84. The largest absolute Gasteiger partial charge is 0.453 e. The highest BCUT2D eigenvalue weighted by atomic mass is 19.3. The van der Waals surface area contributed by atoms with E-state index in [1.165, 1.54) is 20.3 Å². The maximum atomic E-state index is 16.6. The van der Waals surface area contributed by atoms with E-state index < -0.39 is 30.2 Å². The zero-order chi connectivity index (χ0) is 45.2. The van der Waals surface area contributed by atoms with Crippen LogP contribution in [-0.2, 0) is 25.0 Å². The molecule has 16 heteroatoms. The Morgan fingerprint density at radius 3 is 1.97 bits per heavy atom. The molecular formula is C48H54F2N8O6. The van der Waals surface area contributed by atoms with Crippen LogP contribution in [0.1, 0.15) is 101 Å². The lowest BCUT2D eigenvalue weighted by atomic mass is 9.97. The van der Waals surface area contributed by atoms with Gasteiger partial charge in [-0.05, 0) is 102 Å². The van der Waals surface area contributed by atoms with Gasteiger partial charge in [-0.25, -0.2) is 19.6 Å². The van der Waals surface area contributed by atoms with Crippen molar-refractivity contribution in [2.45, 2.75) is 96.3 Å². The van der Waals surface area contributed by atoms with E-state index in [1.807, 2.05) is 58.0 Å². The summed E-state index contributed by atoms with van der Waals surface area (Å²) in [5, 5.41) is 5.39. The number of hydrogen-bond donors (Lipinski definition) is 4. The number of H-pyrrole nitrogens is 2. The number of likely N-dealkylation sites (tertiary alicyclic amines) is 2. The van der Waals surface area contributed by atoms with E-state index >= 15 is 8.78 Å². The second-order valence-corrected chi connectivity index (χ2v) is 18.6. The number of nitrogens with one attached hydrogen (secondary N) is 4. The standard InChI is InChI=1S/C48H54F2N8O6/c1-25(2)39(55-45(61)63-5)43(59)57-18-8-7-9-37(57)42-52-34-15-12-28(21-35(34)53-42)27-10-13-30-31-14-11-29(20-33(31)48(49,50)32(30)19-27)36-23-51-41(54-36)38-22-47(16-17-47)24-58(38)44(60)40(26(3)4)56-46(62)64-6/h10-15,19-21,23,25-26,37-40H,7-9,16-18,22,24H2,1-6H3,(H,51,54)(H,52,53)(H,55,61)(H,56,62)/t37-,38-,39-,40-/m0/s1. The first-order chi connectivity index (χ1) is 30.6. The van der Waals surface area contributed by atoms with Gasteiger partial charge in [0.15, 0.2) is 0 Å². The van der Waals surface area contributed by atoms with E-state index in [4.69, 9.17) is 19.4 Å². The van der Waals surface area contributed by atoms with Crippen molar-refractivity contribution in [2.75, 3.05) is 27.3 Å². The van der Waals surface area contributed by atoms with E-state index in [9.17, 15) is 19.2 Å². The van der Waals surface area contributed by atoms with Crippen molar-refractivity contribution in [1.29, 1.82) is 0 Å². The van der Waals surface area contributed by atoms with Crippen molar-refractivity contribution in [3.05, 3.63) is 83.6 Å². The number of carbonyl (C=O) groups excluding carboxylic acids is 4. The third-order valence-corrected chi connectivity index (χ3v) is 13.7. The molecule has 1 spiro atoms. The topological polar surface area (TPSA) is 175 Å². The van der Waals surface area contributed by atoms with E-state index in [-0.39, 0.29) is 52.3 Å². The molecule has 64 heavy (non-hydrogen) atoms. The number of aromatic amines is 2. The van der Waals surface area contributed by atoms with Gasteiger partial charge in [-0.15, -0.1) is 0 Å². The van der Waals surface area contributed by atoms with Gasteiger partial charge in [0, 0.05) is 29.8 Å². The van der Waals surface area contributed by atoms with Gasteiger partial charge >= 0.3 is 12.2 Å². The van der Waals surface area contributed by atoms with Crippen molar-refractivity contribution in [3.8, 4) is 33.5 Å². The summed E-state index contributed by atoms with van der Waals surface area (Å²) >= 11 is 0. The molecule has 14 nitrogen and oxygen atoms in total. The van der Waals surface area contributed by atoms with E-state index in [0.29, 0.717) is 70.1 Å². The molecule has 4 atom stereocenters. The first kappa shape index (κ1) is 43.0. The number of carbonyl (C=O) groups is 4. The highest BCUT2D eigenvalue weighted by Gasteiger charge is 2.55. The Balaban J connectivity index is 0.952. The molecule has 4 aliphatic rings. The van der Waals surface area contributed by atoms with Crippen LogP contribution in [0, 0.1) is 17.3 Å². The van der Waals surface area contributed by atoms with Crippen LogP contribution < -0.4 is 10.6 Å². The maximum Gasteiger partial charge on any atom is 0.407 e. The van der Waals surface area contributed by atoms with Gasteiger partial charge in [0.2, 0.25) is 11.8 Å². The quantitative estimate of drug-likeness (QED) is 0.108. The van der Waals surface area contributed by atoms with Crippen molar-refractivity contribution in [3.63, 3.8) is 0 Å². The smallest absolute Gasteiger partial charge is 0.407 e. The van der Waals surface area contributed by atoms with Crippen molar-refractivity contribution < 1.29 is 37.4 Å². The molecular weight excluding hydrogens is 823 g/mol. The minimum absolute atomic E-state index is 0.00994. The average Bonchev–Trinajstić information content (AvgIpc) is 3.62. The van der Waals surface area contributed by atoms with Crippen LogP contribution in [0.5, 0.6) is 0 Å². The predicted molar refractivity (Wildman–Crippen MR) is 235 cm³/mol. The number of imidazole rings is 2. The molecule has 3 fully saturated rings. The summed E-state index contributed by atoms with van der Waals surface area (Å²) in [6.45, 7) is 8.57. The molecule has 0 bridgehead atoms. The minimum Gasteiger partial charge on any atom is -0.453 e. The number of ether oxygens (including phenoxy) is 2. The molecule has 1 saturated carbocycles. The highest BCUT2D eigenvalue weighted by molar-refractivity contribution is 5.89. The number of benzene rings is 3. The van der Waals surface area contributed by atoms with E-state index in [1.54, 1.807) is 34.2 Å². The molecule has 4 amide bonds. The number of hydrogen-bond acceptors (Lipinski definition) is 8. The van der Waals surface area contributed by atoms with Gasteiger partial charge in [0.1, 0.15) is 23.7 Å². The first-order valence-corrected chi connectivity index (χ1v) is 22.1. The summed E-state index contributed by atoms with van der Waals surface area (Å²) in [6.07, 6.45) is 5.45. The number of nitrogens with zero attached hydrogens (tertiary/aromatic N) is 4. The lowest BCUT2D eigenvalue weighted by Gasteiger charge is -2.37. The number of fused-ring (bicyclic) bond motifs is 4. The maximum absolute atomic E-state index is 16.6. The number of amides is 4. The van der Waals surface area contributed by atoms with Crippen molar-refractivity contribution >= 4 is 35.0 Å². The van der Waals surface area contributed by atoms with Gasteiger partial charge in [-0.1, -0.05) is 58.0 Å². The zero-order valence-electron chi connectivity index (χ0n) is 36.9. The fourth-order valence-corrected chi connectivity index (χ4v) is 9.90. The molecule has 0 unspecified atom stereocenters. The van der Waals surface area contributed by atoms with Crippen LogP contribution in [0.3, 0.4) is 0 Å². The number of alkyl halides is 2. The molecule has 0 radical (unpaired) electrons. The normalized spacial score (nSPS) is 20.3. The molecule has 5 aromatic rings. The Hall–Kier alpha value is -6.32.